The fourth-order valence-electron chi connectivity index (χ4n) is 4.77. The van der Waals surface area contributed by atoms with Crippen LogP contribution >= 0.6 is 0 Å². The minimum absolute atomic E-state index is 0.0276. The highest BCUT2D eigenvalue weighted by Crippen LogP contribution is 2.66. The molecule has 0 aromatic heterocycles. The topological polar surface area (TPSA) is 110 Å². The molecule has 0 unspecified atom stereocenters. The summed E-state index contributed by atoms with van der Waals surface area (Å²) in [6.07, 6.45) is -1.24. The average Bonchev–Trinajstić information content (AvgIpc) is 2.87. The Balaban J connectivity index is 2.02. The molecular formula is C15H16O7. The van der Waals surface area contributed by atoms with Crippen molar-refractivity contribution in [1.29, 1.82) is 0 Å². The summed E-state index contributed by atoms with van der Waals surface area (Å²) < 4.78 is 10.2. The minimum Gasteiger partial charge on any atom is -0.462 e. The number of fused-ring (bicyclic) bond motifs is 4. The van der Waals surface area contributed by atoms with Crippen LogP contribution in [0.25, 0.3) is 0 Å². The molecule has 1 saturated carbocycles. The van der Waals surface area contributed by atoms with Gasteiger partial charge in [0.05, 0.1) is 5.41 Å². The van der Waals surface area contributed by atoms with Gasteiger partial charge in [0.2, 0.25) is 5.60 Å². The number of carbonyl (C=O) groups excluding carboxylic acids is 3. The van der Waals surface area contributed by atoms with Crippen LogP contribution in [0.1, 0.15) is 20.3 Å². The molecule has 0 radical (unpaired) electrons. The summed E-state index contributed by atoms with van der Waals surface area (Å²) in [4.78, 5) is 36.5. The van der Waals surface area contributed by atoms with E-state index in [-0.39, 0.29) is 18.8 Å². The van der Waals surface area contributed by atoms with E-state index < -0.39 is 46.5 Å². The maximum Gasteiger partial charge on any atom is 0.343 e. The molecule has 7 nitrogen and oxygen atoms in total. The summed E-state index contributed by atoms with van der Waals surface area (Å²) in [5.41, 5.74) is -3.94. The summed E-state index contributed by atoms with van der Waals surface area (Å²) in [7, 11) is 0. The molecule has 2 saturated heterocycles. The number of aliphatic hydroxyl groups is 2. The average molecular weight is 308 g/mol. The Morgan fingerprint density at radius 2 is 2.00 bits per heavy atom. The van der Waals surface area contributed by atoms with Crippen LogP contribution in [-0.2, 0) is 23.9 Å². The van der Waals surface area contributed by atoms with Gasteiger partial charge in [-0.25, -0.2) is 9.59 Å². The zero-order chi connectivity index (χ0) is 16.1. The summed E-state index contributed by atoms with van der Waals surface area (Å²) in [5.74, 6) is -2.62. The highest BCUT2D eigenvalue weighted by molar-refractivity contribution is 6.00. The maximum atomic E-state index is 12.3. The van der Waals surface area contributed by atoms with Gasteiger partial charge in [-0.05, 0) is 18.6 Å². The van der Waals surface area contributed by atoms with E-state index in [4.69, 9.17) is 9.47 Å². The first-order valence-corrected chi connectivity index (χ1v) is 7.24. The van der Waals surface area contributed by atoms with Gasteiger partial charge >= 0.3 is 11.9 Å². The van der Waals surface area contributed by atoms with Crippen molar-refractivity contribution < 1.29 is 34.1 Å². The van der Waals surface area contributed by atoms with Gasteiger partial charge in [0.1, 0.15) is 12.7 Å². The number of rotatable bonds is 0. The van der Waals surface area contributed by atoms with E-state index in [1.54, 1.807) is 13.8 Å². The normalized spacial score (nSPS) is 52.6. The molecule has 6 atom stereocenters. The molecule has 0 aromatic rings. The number of carbonyl (C=O) groups is 3. The van der Waals surface area contributed by atoms with E-state index in [0.29, 0.717) is 5.57 Å². The molecule has 3 fully saturated rings. The van der Waals surface area contributed by atoms with E-state index in [1.807, 2.05) is 0 Å². The number of cyclic esters (lactones) is 1. The summed E-state index contributed by atoms with van der Waals surface area (Å²) >= 11 is 0. The highest BCUT2D eigenvalue weighted by Gasteiger charge is 2.78. The van der Waals surface area contributed by atoms with Crippen molar-refractivity contribution in [1.82, 2.24) is 0 Å². The second-order valence-corrected chi connectivity index (χ2v) is 6.93. The summed E-state index contributed by atoms with van der Waals surface area (Å²) in [5, 5.41) is 21.4. The fourth-order valence-corrected chi connectivity index (χ4v) is 4.77. The zero-order valence-corrected chi connectivity index (χ0v) is 12.2. The van der Waals surface area contributed by atoms with Gasteiger partial charge in [0.15, 0.2) is 11.9 Å². The van der Waals surface area contributed by atoms with Crippen LogP contribution in [0, 0.1) is 16.7 Å². The van der Waals surface area contributed by atoms with Crippen molar-refractivity contribution >= 4 is 17.7 Å². The lowest BCUT2D eigenvalue weighted by Crippen LogP contribution is -2.71. The number of hydrogen-bond donors (Lipinski definition) is 2. The lowest BCUT2D eigenvalue weighted by Gasteiger charge is -2.57. The van der Waals surface area contributed by atoms with Crippen molar-refractivity contribution in [2.45, 2.75) is 38.1 Å². The molecule has 1 spiro atoms. The smallest absolute Gasteiger partial charge is 0.343 e. The van der Waals surface area contributed by atoms with E-state index >= 15 is 0 Å². The predicted molar refractivity (Wildman–Crippen MR) is 69.2 cm³/mol. The first-order chi connectivity index (χ1) is 10.2. The Kier molecular flexibility index (Phi) is 2.27. The monoisotopic (exact) mass is 308 g/mol. The lowest BCUT2D eigenvalue weighted by molar-refractivity contribution is -0.232. The summed E-state index contributed by atoms with van der Waals surface area (Å²) in [6, 6.07) is 0. The number of ketones is 1. The Labute approximate surface area is 125 Å². The Hall–Kier alpha value is -1.73. The minimum atomic E-state index is -2.03. The molecule has 2 heterocycles. The van der Waals surface area contributed by atoms with Crippen molar-refractivity contribution in [3.63, 3.8) is 0 Å². The molecule has 2 bridgehead atoms. The number of ether oxygens (including phenoxy) is 2. The molecule has 2 aliphatic carbocycles. The summed E-state index contributed by atoms with van der Waals surface area (Å²) in [6.45, 7) is 3.15. The zero-order valence-electron chi connectivity index (χ0n) is 12.2. The van der Waals surface area contributed by atoms with Crippen LogP contribution in [0.5, 0.6) is 0 Å². The van der Waals surface area contributed by atoms with E-state index in [9.17, 15) is 24.6 Å². The van der Waals surface area contributed by atoms with E-state index in [0.717, 1.165) is 0 Å². The van der Waals surface area contributed by atoms with Gasteiger partial charge in [-0.1, -0.05) is 6.92 Å². The van der Waals surface area contributed by atoms with Crippen molar-refractivity contribution in [2.75, 3.05) is 6.61 Å². The number of hydrogen-bond acceptors (Lipinski definition) is 7. The second kappa shape index (κ2) is 3.60. The molecule has 22 heavy (non-hydrogen) atoms. The number of allylic oxidation sites excluding steroid dienone is 1. The van der Waals surface area contributed by atoms with Crippen LogP contribution in [-0.4, -0.2) is 52.4 Å². The van der Waals surface area contributed by atoms with Gasteiger partial charge in [-0.15, -0.1) is 0 Å². The Morgan fingerprint density at radius 3 is 2.68 bits per heavy atom. The Morgan fingerprint density at radius 1 is 1.32 bits per heavy atom. The number of aliphatic hydroxyl groups excluding tert-OH is 1. The van der Waals surface area contributed by atoms with Crippen LogP contribution in [0.2, 0.25) is 0 Å². The van der Waals surface area contributed by atoms with Crippen LogP contribution in [0.3, 0.4) is 0 Å². The molecule has 7 heteroatoms. The van der Waals surface area contributed by atoms with Gasteiger partial charge in [0, 0.05) is 17.8 Å². The first-order valence-electron chi connectivity index (χ1n) is 7.24. The third-order valence-electron chi connectivity index (χ3n) is 6.19. The first kappa shape index (κ1) is 13.9. The van der Waals surface area contributed by atoms with Gasteiger partial charge < -0.3 is 19.7 Å². The second-order valence-electron chi connectivity index (χ2n) is 6.93. The van der Waals surface area contributed by atoms with Gasteiger partial charge in [-0.3, -0.25) is 4.79 Å². The third-order valence-corrected chi connectivity index (χ3v) is 6.19. The molecule has 2 N–H and O–H groups in total. The van der Waals surface area contributed by atoms with Gasteiger partial charge in [-0.2, -0.15) is 0 Å². The molecule has 0 aromatic carbocycles. The molecule has 0 amide bonds. The van der Waals surface area contributed by atoms with Crippen LogP contribution < -0.4 is 0 Å². The molecule has 4 rings (SSSR count). The fraction of sp³-hybridized carbons (Fsp3) is 0.667. The Bertz CT molecular complexity index is 667. The van der Waals surface area contributed by atoms with E-state index in [1.165, 1.54) is 6.08 Å². The largest absolute Gasteiger partial charge is 0.462 e. The van der Waals surface area contributed by atoms with Crippen LogP contribution in [0.15, 0.2) is 11.6 Å². The molecular weight excluding hydrogens is 292 g/mol. The number of esters is 2. The van der Waals surface area contributed by atoms with E-state index in [2.05, 4.69) is 0 Å². The third kappa shape index (κ3) is 1.10. The molecule has 2 aliphatic heterocycles. The quantitative estimate of drug-likeness (QED) is 0.558. The van der Waals surface area contributed by atoms with Crippen molar-refractivity contribution in [3.8, 4) is 0 Å². The lowest BCUT2D eigenvalue weighted by atomic mass is 9.49. The molecule has 4 aliphatic rings. The highest BCUT2D eigenvalue weighted by atomic mass is 16.6. The maximum absolute atomic E-state index is 12.3. The van der Waals surface area contributed by atoms with Crippen LogP contribution in [0.4, 0.5) is 0 Å². The SMILES string of the molecule is C[C@@H]1C(=O)C=C2[C@]13C[C@H](OC(=O)[C@H]3O)[C@@]1(O)C(=O)OC[C@@]21C. The standard InChI is InChI=1S/C15H16O7/c1-6-7(16)3-8-13(2)5-21-12(19)15(13,20)9-4-14(6,8)10(17)11(18)22-9/h3,6,9-10,17,20H,4-5H2,1-2H3/t6-,9+,10-,13+,14+,15-/m1/s1. The van der Waals surface area contributed by atoms with Crippen molar-refractivity contribution in [3.05, 3.63) is 11.6 Å². The van der Waals surface area contributed by atoms with Crippen molar-refractivity contribution in [2.24, 2.45) is 16.7 Å². The van der Waals surface area contributed by atoms with Gasteiger partial charge in [0.25, 0.3) is 0 Å². The molecule has 118 valence electrons. The predicted octanol–water partition coefficient (Wildman–Crippen LogP) is -0.898.